The number of rotatable bonds is 6. The highest BCUT2D eigenvalue weighted by Gasteiger charge is 2.23. The zero-order valence-corrected chi connectivity index (χ0v) is 20.2. The minimum absolute atomic E-state index is 0.829. The van der Waals surface area contributed by atoms with Gasteiger partial charge in [-0.2, -0.15) is 0 Å². The van der Waals surface area contributed by atoms with E-state index < -0.39 is 15.6 Å². The highest BCUT2D eigenvalue weighted by molar-refractivity contribution is 7.61. The van der Waals surface area contributed by atoms with E-state index >= 15 is 0 Å². The van der Waals surface area contributed by atoms with Crippen molar-refractivity contribution >= 4 is 36.8 Å². The zero-order valence-electron chi connectivity index (χ0n) is 18.4. The fourth-order valence-electron chi connectivity index (χ4n) is 3.86. The standard InChI is InChI=1S/C30H22O2P2/c31-33(27-7-3-1-4-8-27)29-19-15-25(16-20-29)23-11-13-24(14-12-23)26-17-21-30(22-18-26)34(32)28-9-5-2-6-10-28/h1-22H/q+2. The summed E-state index contributed by atoms with van der Waals surface area (Å²) in [5.74, 6) is 0. The molecule has 0 amide bonds. The summed E-state index contributed by atoms with van der Waals surface area (Å²) in [6.07, 6.45) is 0. The van der Waals surface area contributed by atoms with Gasteiger partial charge < -0.3 is 0 Å². The van der Waals surface area contributed by atoms with E-state index in [1.165, 1.54) is 0 Å². The van der Waals surface area contributed by atoms with Crippen LogP contribution >= 0.6 is 15.6 Å². The fraction of sp³-hybridized carbons (Fsp3) is 0. The summed E-state index contributed by atoms with van der Waals surface area (Å²) >= 11 is 0. The molecule has 0 radical (unpaired) electrons. The molecule has 2 unspecified atom stereocenters. The van der Waals surface area contributed by atoms with Gasteiger partial charge in [0.25, 0.3) is 0 Å². The van der Waals surface area contributed by atoms with E-state index in [1.54, 1.807) is 0 Å². The average Bonchev–Trinajstić information content (AvgIpc) is 2.93. The summed E-state index contributed by atoms with van der Waals surface area (Å²) in [7, 11) is -3.16. The van der Waals surface area contributed by atoms with Crippen LogP contribution in [0.1, 0.15) is 0 Å². The molecule has 5 rings (SSSR count). The lowest BCUT2D eigenvalue weighted by atomic mass is 10.0. The molecule has 0 N–H and O–H groups in total. The van der Waals surface area contributed by atoms with Crippen LogP contribution < -0.4 is 21.2 Å². The first-order valence-corrected chi connectivity index (χ1v) is 13.6. The van der Waals surface area contributed by atoms with Crippen LogP contribution in [0, 0.1) is 0 Å². The predicted molar refractivity (Wildman–Crippen MR) is 144 cm³/mol. The first kappa shape index (κ1) is 22.1. The van der Waals surface area contributed by atoms with Crippen molar-refractivity contribution in [1.82, 2.24) is 0 Å². The largest absolute Gasteiger partial charge is 0.415 e. The Bertz CT molecular complexity index is 1310. The van der Waals surface area contributed by atoms with Crippen molar-refractivity contribution in [2.75, 3.05) is 0 Å². The van der Waals surface area contributed by atoms with Crippen LogP contribution in [0.4, 0.5) is 0 Å². The maximum Gasteiger partial charge on any atom is 0.415 e. The Labute approximate surface area is 201 Å². The van der Waals surface area contributed by atoms with Crippen LogP contribution in [0.2, 0.25) is 0 Å². The molecule has 0 aliphatic rings. The molecule has 162 valence electrons. The Morgan fingerprint density at radius 2 is 0.529 bits per heavy atom. The van der Waals surface area contributed by atoms with E-state index in [9.17, 15) is 9.13 Å². The third-order valence-electron chi connectivity index (χ3n) is 5.74. The molecule has 0 fully saturated rings. The van der Waals surface area contributed by atoms with Gasteiger partial charge in [-0.1, -0.05) is 69.8 Å². The number of hydrogen-bond acceptors (Lipinski definition) is 2. The molecule has 2 atom stereocenters. The molecular weight excluding hydrogens is 454 g/mol. The van der Waals surface area contributed by atoms with E-state index in [-0.39, 0.29) is 0 Å². The quantitative estimate of drug-likeness (QED) is 0.260. The lowest BCUT2D eigenvalue weighted by molar-refractivity contribution is 0.597. The minimum atomic E-state index is -1.58. The van der Waals surface area contributed by atoms with Crippen LogP contribution in [0.25, 0.3) is 22.3 Å². The van der Waals surface area contributed by atoms with Crippen molar-refractivity contribution in [3.63, 3.8) is 0 Å². The van der Waals surface area contributed by atoms with Gasteiger partial charge in [0.15, 0.2) is 21.2 Å². The van der Waals surface area contributed by atoms with Gasteiger partial charge in [-0.3, -0.25) is 0 Å². The van der Waals surface area contributed by atoms with Crippen molar-refractivity contribution in [3.8, 4) is 22.3 Å². The smallest absolute Gasteiger partial charge is 0.0619 e. The van der Waals surface area contributed by atoms with Crippen molar-refractivity contribution in [2.24, 2.45) is 0 Å². The van der Waals surface area contributed by atoms with Gasteiger partial charge in [0.1, 0.15) is 0 Å². The Morgan fingerprint density at radius 1 is 0.294 bits per heavy atom. The summed E-state index contributed by atoms with van der Waals surface area (Å²) in [4.78, 5) is 0. The second kappa shape index (κ2) is 10.1. The minimum Gasteiger partial charge on any atom is -0.0619 e. The third kappa shape index (κ3) is 4.80. The van der Waals surface area contributed by atoms with Gasteiger partial charge in [-0.25, -0.2) is 0 Å². The lowest BCUT2D eigenvalue weighted by Gasteiger charge is -2.05. The van der Waals surface area contributed by atoms with Crippen LogP contribution in [-0.2, 0) is 9.13 Å². The van der Waals surface area contributed by atoms with Gasteiger partial charge >= 0.3 is 15.6 Å². The van der Waals surface area contributed by atoms with Gasteiger partial charge in [0, 0.05) is 0 Å². The maximum atomic E-state index is 12.8. The van der Waals surface area contributed by atoms with E-state index in [0.717, 1.165) is 43.5 Å². The SMILES string of the molecule is O=[P+](c1ccccc1)c1ccc(-c2ccc(-c3ccc([P+](=O)c4ccccc4)cc3)cc2)cc1. The third-order valence-corrected chi connectivity index (χ3v) is 8.81. The van der Waals surface area contributed by atoms with Crippen molar-refractivity contribution in [3.05, 3.63) is 133 Å². The predicted octanol–water partition coefficient (Wildman–Crippen LogP) is 6.58. The van der Waals surface area contributed by atoms with Crippen molar-refractivity contribution < 1.29 is 9.13 Å². The molecule has 34 heavy (non-hydrogen) atoms. The number of benzene rings is 5. The molecule has 0 aliphatic carbocycles. The maximum absolute atomic E-state index is 12.8. The van der Waals surface area contributed by atoms with E-state index in [0.29, 0.717) is 0 Å². The van der Waals surface area contributed by atoms with Crippen LogP contribution in [0.15, 0.2) is 133 Å². The van der Waals surface area contributed by atoms with Gasteiger partial charge in [-0.15, -0.1) is 0 Å². The molecule has 0 saturated heterocycles. The molecule has 0 heterocycles. The summed E-state index contributed by atoms with van der Waals surface area (Å²) in [5, 5.41) is 3.34. The Hall–Kier alpha value is -3.70. The van der Waals surface area contributed by atoms with E-state index in [4.69, 9.17) is 0 Å². The molecule has 2 nitrogen and oxygen atoms in total. The fourth-order valence-corrected chi connectivity index (χ4v) is 6.18. The lowest BCUT2D eigenvalue weighted by Crippen LogP contribution is -2.05. The van der Waals surface area contributed by atoms with Crippen LogP contribution in [0.5, 0.6) is 0 Å². The Kier molecular flexibility index (Phi) is 6.54. The molecule has 0 spiro atoms. The molecule has 0 bridgehead atoms. The molecule has 0 aromatic heterocycles. The first-order chi connectivity index (χ1) is 16.7. The Morgan fingerprint density at radius 3 is 0.824 bits per heavy atom. The summed E-state index contributed by atoms with van der Waals surface area (Å²) in [6.45, 7) is 0. The van der Waals surface area contributed by atoms with Crippen LogP contribution in [-0.4, -0.2) is 0 Å². The highest BCUT2D eigenvalue weighted by Crippen LogP contribution is 2.27. The number of hydrogen-bond donors (Lipinski definition) is 0. The van der Waals surface area contributed by atoms with Gasteiger partial charge in [-0.05, 0) is 95.1 Å². The summed E-state index contributed by atoms with van der Waals surface area (Å²) < 4.78 is 25.5. The van der Waals surface area contributed by atoms with Crippen molar-refractivity contribution in [2.45, 2.75) is 0 Å². The molecule has 0 saturated carbocycles. The Balaban J connectivity index is 1.31. The summed E-state index contributed by atoms with van der Waals surface area (Å²) in [5.41, 5.74) is 4.38. The second-order valence-corrected chi connectivity index (χ2v) is 11.2. The first-order valence-electron chi connectivity index (χ1n) is 11.0. The van der Waals surface area contributed by atoms with E-state index in [1.807, 2.05) is 109 Å². The van der Waals surface area contributed by atoms with E-state index in [2.05, 4.69) is 24.3 Å². The monoisotopic (exact) mass is 476 g/mol. The van der Waals surface area contributed by atoms with Crippen LogP contribution in [0.3, 0.4) is 0 Å². The molecule has 0 aliphatic heterocycles. The zero-order chi connectivity index (χ0) is 23.3. The topological polar surface area (TPSA) is 34.1 Å². The van der Waals surface area contributed by atoms with Crippen molar-refractivity contribution in [1.29, 1.82) is 0 Å². The molecule has 5 aromatic rings. The normalized spacial score (nSPS) is 11.6. The van der Waals surface area contributed by atoms with Gasteiger partial charge in [0.05, 0.1) is 0 Å². The molecular formula is C30H22O2P2+2. The average molecular weight is 476 g/mol. The highest BCUT2D eigenvalue weighted by atomic mass is 31.1. The molecule has 4 heteroatoms. The second-order valence-electron chi connectivity index (χ2n) is 7.93. The molecule has 5 aromatic carbocycles. The van der Waals surface area contributed by atoms with Gasteiger partial charge in [0.2, 0.25) is 0 Å². The summed E-state index contributed by atoms with van der Waals surface area (Å²) in [6, 6.07) is 43.4.